The van der Waals surface area contributed by atoms with Crippen molar-refractivity contribution in [3.63, 3.8) is 0 Å². The molecule has 2 heterocycles. The summed E-state index contributed by atoms with van der Waals surface area (Å²) in [4.78, 5) is 27.1. The van der Waals surface area contributed by atoms with Crippen LogP contribution in [0.1, 0.15) is 51.4 Å². The van der Waals surface area contributed by atoms with Crippen molar-refractivity contribution in [3.8, 4) is 0 Å². The molecule has 1 atom stereocenters. The number of amides is 2. The molecule has 0 aromatic heterocycles. The first kappa shape index (κ1) is 18.6. The highest BCUT2D eigenvalue weighted by molar-refractivity contribution is 7.92. The largest absolute Gasteiger partial charge is 0.350 e. The number of likely N-dealkylation sites (tertiary alicyclic amines) is 1. The van der Waals surface area contributed by atoms with Gasteiger partial charge in [0.05, 0.1) is 6.04 Å². The van der Waals surface area contributed by atoms with Crippen LogP contribution in [0.4, 0.5) is 0 Å². The van der Waals surface area contributed by atoms with Crippen molar-refractivity contribution in [3.05, 3.63) is 0 Å². The van der Waals surface area contributed by atoms with Gasteiger partial charge in [-0.2, -0.15) is 0 Å². The minimum atomic E-state index is -3.53. The summed E-state index contributed by atoms with van der Waals surface area (Å²) >= 11 is 0. The third kappa shape index (κ3) is 3.69. The minimum absolute atomic E-state index is 0.0796. The first-order chi connectivity index (χ1) is 11.8. The quantitative estimate of drug-likeness (QED) is 0.736. The highest BCUT2D eigenvalue weighted by Gasteiger charge is 2.49. The standard InChI is InChI=1S/C17H29N3O4S/c1-25(23,24)17(7-9-18-10-8-17)16(22)19-13-11-15(21)20(12-13)14-5-3-2-4-6-14/h13-14,18H,2-12H2,1H3,(H,19,22). The van der Waals surface area contributed by atoms with Crippen LogP contribution in [0.2, 0.25) is 0 Å². The summed E-state index contributed by atoms with van der Waals surface area (Å²) in [6.07, 6.45) is 7.58. The van der Waals surface area contributed by atoms with Crippen molar-refractivity contribution in [2.24, 2.45) is 0 Å². The molecule has 0 radical (unpaired) electrons. The maximum atomic E-state index is 12.9. The van der Waals surface area contributed by atoms with Gasteiger partial charge in [-0.05, 0) is 38.8 Å². The molecular weight excluding hydrogens is 342 g/mol. The van der Waals surface area contributed by atoms with E-state index >= 15 is 0 Å². The third-order valence-corrected chi connectivity index (χ3v) is 8.06. The molecule has 3 fully saturated rings. The third-order valence-electron chi connectivity index (χ3n) is 6.04. The lowest BCUT2D eigenvalue weighted by Gasteiger charge is -2.35. The predicted octanol–water partition coefficient (Wildman–Crippen LogP) is 0.203. The molecule has 2 amide bonds. The Morgan fingerprint density at radius 3 is 2.44 bits per heavy atom. The van der Waals surface area contributed by atoms with Gasteiger partial charge in [0.15, 0.2) is 14.6 Å². The Morgan fingerprint density at radius 2 is 1.84 bits per heavy atom. The Balaban J connectivity index is 1.67. The summed E-state index contributed by atoms with van der Waals surface area (Å²) in [5, 5.41) is 6.00. The van der Waals surface area contributed by atoms with Crippen LogP contribution in [0.5, 0.6) is 0 Å². The first-order valence-electron chi connectivity index (χ1n) is 9.34. The van der Waals surface area contributed by atoms with E-state index in [1.807, 2.05) is 4.90 Å². The van der Waals surface area contributed by atoms with Gasteiger partial charge in [0.2, 0.25) is 11.8 Å². The second kappa shape index (κ2) is 7.23. The Labute approximate surface area is 149 Å². The van der Waals surface area contributed by atoms with Gasteiger partial charge < -0.3 is 15.5 Å². The molecule has 2 aliphatic heterocycles. The first-order valence-corrected chi connectivity index (χ1v) is 11.2. The summed E-state index contributed by atoms with van der Waals surface area (Å²) in [6, 6.07) is 0.00124. The number of rotatable bonds is 4. The van der Waals surface area contributed by atoms with E-state index in [0.717, 1.165) is 31.9 Å². The van der Waals surface area contributed by atoms with E-state index in [4.69, 9.17) is 0 Å². The topological polar surface area (TPSA) is 95.6 Å². The molecule has 3 aliphatic rings. The number of carbonyl (C=O) groups is 2. The van der Waals surface area contributed by atoms with Gasteiger partial charge in [0.25, 0.3) is 0 Å². The van der Waals surface area contributed by atoms with Crippen LogP contribution < -0.4 is 10.6 Å². The Bertz CT molecular complexity index is 622. The van der Waals surface area contributed by atoms with E-state index in [-0.39, 0.29) is 37.3 Å². The Kier molecular flexibility index (Phi) is 5.39. The minimum Gasteiger partial charge on any atom is -0.350 e. The zero-order chi connectivity index (χ0) is 18.1. The molecule has 8 heteroatoms. The monoisotopic (exact) mass is 371 g/mol. The molecule has 1 unspecified atom stereocenters. The Hall–Kier alpha value is -1.15. The molecule has 1 saturated carbocycles. The molecule has 142 valence electrons. The molecular formula is C17H29N3O4S. The maximum absolute atomic E-state index is 12.9. The number of nitrogens with zero attached hydrogens (tertiary/aromatic N) is 1. The lowest BCUT2D eigenvalue weighted by Crippen LogP contribution is -2.59. The molecule has 0 spiro atoms. The lowest BCUT2D eigenvalue weighted by molar-refractivity contribution is -0.130. The fourth-order valence-electron chi connectivity index (χ4n) is 4.49. The lowest BCUT2D eigenvalue weighted by atomic mass is 9.94. The smallest absolute Gasteiger partial charge is 0.241 e. The van der Waals surface area contributed by atoms with Gasteiger partial charge in [-0.15, -0.1) is 0 Å². The molecule has 3 rings (SSSR count). The number of carbonyl (C=O) groups excluding carboxylic acids is 2. The molecule has 25 heavy (non-hydrogen) atoms. The zero-order valence-electron chi connectivity index (χ0n) is 14.9. The SMILES string of the molecule is CS(=O)(=O)C1(C(=O)NC2CC(=O)N(C3CCCCC3)C2)CCNCC1. The molecule has 7 nitrogen and oxygen atoms in total. The summed E-state index contributed by atoms with van der Waals surface area (Å²) < 4.78 is 23.3. The van der Waals surface area contributed by atoms with Gasteiger partial charge in [-0.1, -0.05) is 19.3 Å². The summed E-state index contributed by atoms with van der Waals surface area (Å²) in [5.74, 6) is -0.351. The number of hydrogen-bond acceptors (Lipinski definition) is 5. The number of hydrogen-bond donors (Lipinski definition) is 2. The van der Waals surface area contributed by atoms with Crippen molar-refractivity contribution in [2.45, 2.75) is 68.2 Å². The van der Waals surface area contributed by atoms with Crippen LogP contribution in [-0.2, 0) is 19.4 Å². The second-order valence-electron chi connectivity index (χ2n) is 7.73. The molecule has 0 aromatic carbocycles. The average molecular weight is 372 g/mol. The highest BCUT2D eigenvalue weighted by atomic mass is 32.2. The molecule has 1 aliphatic carbocycles. The van der Waals surface area contributed by atoms with Gasteiger partial charge in [0, 0.05) is 25.3 Å². The average Bonchev–Trinajstić information content (AvgIpc) is 2.95. The number of piperidine rings is 1. The van der Waals surface area contributed by atoms with Crippen molar-refractivity contribution in [1.29, 1.82) is 0 Å². The van der Waals surface area contributed by atoms with Crippen molar-refractivity contribution in [1.82, 2.24) is 15.5 Å². The van der Waals surface area contributed by atoms with Gasteiger partial charge in [-0.3, -0.25) is 9.59 Å². The van der Waals surface area contributed by atoms with Crippen molar-refractivity contribution in [2.75, 3.05) is 25.9 Å². The summed E-state index contributed by atoms with van der Waals surface area (Å²) in [7, 11) is -3.53. The van der Waals surface area contributed by atoms with Gasteiger partial charge in [-0.25, -0.2) is 8.42 Å². The number of sulfone groups is 1. The second-order valence-corrected chi connectivity index (χ2v) is 10.1. The van der Waals surface area contributed by atoms with E-state index in [0.29, 0.717) is 19.6 Å². The maximum Gasteiger partial charge on any atom is 0.241 e. The fourth-order valence-corrected chi connectivity index (χ4v) is 5.83. The Morgan fingerprint density at radius 1 is 1.20 bits per heavy atom. The van der Waals surface area contributed by atoms with E-state index in [9.17, 15) is 18.0 Å². The zero-order valence-corrected chi connectivity index (χ0v) is 15.7. The van der Waals surface area contributed by atoms with Crippen LogP contribution in [0.3, 0.4) is 0 Å². The molecule has 0 bridgehead atoms. The van der Waals surface area contributed by atoms with E-state index in [2.05, 4.69) is 10.6 Å². The fraction of sp³-hybridized carbons (Fsp3) is 0.882. The molecule has 2 saturated heterocycles. The van der Waals surface area contributed by atoms with Crippen molar-refractivity contribution < 1.29 is 18.0 Å². The van der Waals surface area contributed by atoms with Crippen LogP contribution in [0, 0.1) is 0 Å². The normalized spacial score (nSPS) is 28.1. The summed E-state index contributed by atoms with van der Waals surface area (Å²) in [5.41, 5.74) is 0. The highest BCUT2D eigenvalue weighted by Crippen LogP contribution is 2.30. The summed E-state index contributed by atoms with van der Waals surface area (Å²) in [6.45, 7) is 1.53. The predicted molar refractivity (Wildman–Crippen MR) is 94.8 cm³/mol. The van der Waals surface area contributed by atoms with Crippen LogP contribution >= 0.6 is 0 Å². The number of nitrogens with one attached hydrogen (secondary N) is 2. The molecule has 2 N–H and O–H groups in total. The van der Waals surface area contributed by atoms with Crippen molar-refractivity contribution >= 4 is 21.7 Å². The van der Waals surface area contributed by atoms with Gasteiger partial charge >= 0.3 is 0 Å². The van der Waals surface area contributed by atoms with E-state index in [1.165, 1.54) is 6.42 Å². The van der Waals surface area contributed by atoms with E-state index < -0.39 is 20.5 Å². The van der Waals surface area contributed by atoms with Crippen LogP contribution in [-0.4, -0.2) is 67.9 Å². The van der Waals surface area contributed by atoms with Gasteiger partial charge in [0.1, 0.15) is 0 Å². The van der Waals surface area contributed by atoms with E-state index in [1.54, 1.807) is 0 Å². The van der Waals surface area contributed by atoms with Crippen LogP contribution in [0.15, 0.2) is 0 Å². The van der Waals surface area contributed by atoms with Crippen LogP contribution in [0.25, 0.3) is 0 Å². The molecule has 0 aromatic rings.